The van der Waals surface area contributed by atoms with Crippen molar-refractivity contribution in [3.8, 4) is 5.69 Å². The van der Waals surface area contributed by atoms with Crippen LogP contribution in [0.3, 0.4) is 0 Å². The molecule has 0 unspecified atom stereocenters. The number of anilines is 1. The van der Waals surface area contributed by atoms with Gasteiger partial charge in [-0.15, -0.1) is 0 Å². The van der Waals surface area contributed by atoms with Gasteiger partial charge in [-0.2, -0.15) is 0 Å². The first-order chi connectivity index (χ1) is 13.8. The Morgan fingerprint density at radius 2 is 1.93 bits per heavy atom. The van der Waals surface area contributed by atoms with E-state index >= 15 is 0 Å². The smallest absolute Gasteiger partial charge is 0.242 e. The molecule has 7 nitrogen and oxygen atoms in total. The third kappa shape index (κ3) is 5.06. The van der Waals surface area contributed by atoms with Crippen LogP contribution in [0.5, 0.6) is 0 Å². The number of amides is 1. The molecule has 9 heteroatoms. The molecule has 1 aromatic heterocycles. The third-order valence-electron chi connectivity index (χ3n) is 4.12. The van der Waals surface area contributed by atoms with Crippen molar-refractivity contribution in [1.29, 1.82) is 0 Å². The second-order valence-electron chi connectivity index (χ2n) is 6.57. The van der Waals surface area contributed by atoms with Gasteiger partial charge in [-0.1, -0.05) is 30.0 Å². The van der Waals surface area contributed by atoms with E-state index in [1.165, 1.54) is 38.0 Å². The number of sulfonamides is 1. The van der Waals surface area contributed by atoms with Gasteiger partial charge in [0.25, 0.3) is 0 Å². The number of hydrogen-bond donors (Lipinski definition) is 1. The van der Waals surface area contributed by atoms with Gasteiger partial charge in [0, 0.05) is 37.9 Å². The van der Waals surface area contributed by atoms with E-state index in [1.54, 1.807) is 18.3 Å². The Morgan fingerprint density at radius 3 is 2.66 bits per heavy atom. The third-order valence-corrected chi connectivity index (χ3v) is 6.89. The first-order valence-corrected chi connectivity index (χ1v) is 11.3. The predicted octanol–water partition coefficient (Wildman–Crippen LogP) is 3.16. The largest absolute Gasteiger partial charge is 0.325 e. The number of rotatable bonds is 7. The van der Waals surface area contributed by atoms with Gasteiger partial charge in [0.2, 0.25) is 15.9 Å². The first kappa shape index (κ1) is 21.1. The fraction of sp³-hybridized carbons (Fsp3) is 0.200. The van der Waals surface area contributed by atoms with Crippen LogP contribution in [-0.4, -0.2) is 48.0 Å². The molecular formula is C20H22N4O3S2. The molecule has 0 spiro atoms. The molecule has 0 radical (unpaired) electrons. The van der Waals surface area contributed by atoms with Crippen LogP contribution >= 0.6 is 11.8 Å². The Morgan fingerprint density at radius 1 is 1.17 bits per heavy atom. The molecule has 0 aliphatic carbocycles. The standard InChI is InChI=1S/C20H22N4O3S2/c1-15-6-4-8-17(12-15)24-11-10-21-20(24)28-14-19(25)22-16-7-5-9-18(13-16)29(26,27)23(2)3/h4-13H,14H2,1-3H3,(H,22,25). The van der Waals surface area contributed by atoms with Gasteiger partial charge >= 0.3 is 0 Å². The summed E-state index contributed by atoms with van der Waals surface area (Å²) in [6, 6.07) is 14.2. The zero-order valence-electron chi connectivity index (χ0n) is 16.4. The molecule has 1 amide bonds. The highest BCUT2D eigenvalue weighted by molar-refractivity contribution is 7.99. The number of aromatic nitrogens is 2. The van der Waals surface area contributed by atoms with E-state index in [0.717, 1.165) is 15.6 Å². The summed E-state index contributed by atoms with van der Waals surface area (Å²) in [5.74, 6) is -0.0961. The first-order valence-electron chi connectivity index (χ1n) is 8.83. The molecule has 0 atom stereocenters. The van der Waals surface area contributed by atoms with Gasteiger partial charge in [-0.25, -0.2) is 17.7 Å². The van der Waals surface area contributed by atoms with Crippen molar-refractivity contribution in [1.82, 2.24) is 13.9 Å². The normalized spacial score (nSPS) is 11.6. The Kier molecular flexibility index (Phi) is 6.41. The number of nitrogens with zero attached hydrogens (tertiary/aromatic N) is 3. The summed E-state index contributed by atoms with van der Waals surface area (Å²) < 4.78 is 27.6. The number of carbonyl (C=O) groups excluding carboxylic acids is 1. The van der Waals surface area contributed by atoms with Crippen LogP contribution in [-0.2, 0) is 14.8 Å². The van der Waals surface area contributed by atoms with Crippen LogP contribution in [0.2, 0.25) is 0 Å². The summed E-state index contributed by atoms with van der Waals surface area (Å²) >= 11 is 1.31. The highest BCUT2D eigenvalue weighted by Gasteiger charge is 2.18. The molecule has 152 valence electrons. The second kappa shape index (κ2) is 8.81. The van der Waals surface area contributed by atoms with Gasteiger partial charge in [0.1, 0.15) is 0 Å². The summed E-state index contributed by atoms with van der Waals surface area (Å²) in [7, 11) is -0.628. The molecule has 0 fully saturated rings. The molecule has 0 aliphatic heterocycles. The summed E-state index contributed by atoms with van der Waals surface area (Å²) in [4.78, 5) is 16.8. The van der Waals surface area contributed by atoms with Crippen LogP contribution in [0, 0.1) is 6.92 Å². The molecule has 1 heterocycles. The van der Waals surface area contributed by atoms with Crippen molar-refractivity contribution in [2.24, 2.45) is 0 Å². The average Bonchev–Trinajstić information content (AvgIpc) is 3.15. The van der Waals surface area contributed by atoms with E-state index in [2.05, 4.69) is 10.3 Å². The van der Waals surface area contributed by atoms with Gasteiger partial charge in [0.05, 0.1) is 10.6 Å². The van der Waals surface area contributed by atoms with Crippen LogP contribution in [0.1, 0.15) is 5.56 Å². The van der Waals surface area contributed by atoms with Crippen molar-refractivity contribution in [3.05, 3.63) is 66.5 Å². The number of imidazole rings is 1. The summed E-state index contributed by atoms with van der Waals surface area (Å²) in [5, 5.41) is 3.45. The lowest BCUT2D eigenvalue weighted by atomic mass is 10.2. The average molecular weight is 431 g/mol. The van der Waals surface area contributed by atoms with Gasteiger partial charge in [0.15, 0.2) is 5.16 Å². The lowest BCUT2D eigenvalue weighted by molar-refractivity contribution is -0.113. The summed E-state index contributed by atoms with van der Waals surface area (Å²) in [5.41, 5.74) is 2.55. The fourth-order valence-electron chi connectivity index (χ4n) is 2.64. The minimum Gasteiger partial charge on any atom is -0.325 e. The lowest BCUT2D eigenvalue weighted by Gasteiger charge is -2.13. The molecule has 0 bridgehead atoms. The SMILES string of the molecule is Cc1cccc(-n2ccnc2SCC(=O)Nc2cccc(S(=O)(=O)N(C)C)c2)c1. The molecule has 0 saturated heterocycles. The van der Waals surface area contributed by atoms with Gasteiger partial charge in [-0.3, -0.25) is 9.36 Å². The molecule has 3 aromatic rings. The quantitative estimate of drug-likeness (QED) is 0.582. The minimum atomic E-state index is -3.56. The molecular weight excluding hydrogens is 408 g/mol. The number of hydrogen-bond acceptors (Lipinski definition) is 5. The van der Waals surface area contributed by atoms with Crippen molar-refractivity contribution in [3.63, 3.8) is 0 Å². The van der Waals surface area contributed by atoms with E-state index in [9.17, 15) is 13.2 Å². The molecule has 1 N–H and O–H groups in total. The van der Waals surface area contributed by atoms with E-state index in [-0.39, 0.29) is 16.6 Å². The maximum Gasteiger partial charge on any atom is 0.242 e. The zero-order chi connectivity index (χ0) is 21.0. The highest BCUT2D eigenvalue weighted by Crippen LogP contribution is 2.22. The van der Waals surface area contributed by atoms with Crippen LogP contribution < -0.4 is 5.32 Å². The molecule has 3 rings (SSSR count). The summed E-state index contributed by atoms with van der Waals surface area (Å²) in [6.45, 7) is 2.02. The highest BCUT2D eigenvalue weighted by atomic mass is 32.2. The van der Waals surface area contributed by atoms with E-state index in [0.29, 0.717) is 10.8 Å². The van der Waals surface area contributed by atoms with Crippen molar-refractivity contribution >= 4 is 33.4 Å². The number of aryl methyl sites for hydroxylation is 1. The zero-order valence-corrected chi connectivity index (χ0v) is 18.0. The van der Waals surface area contributed by atoms with Crippen LogP contribution in [0.4, 0.5) is 5.69 Å². The minimum absolute atomic E-state index is 0.128. The lowest BCUT2D eigenvalue weighted by Crippen LogP contribution is -2.22. The topological polar surface area (TPSA) is 84.3 Å². The predicted molar refractivity (Wildman–Crippen MR) is 115 cm³/mol. The van der Waals surface area contributed by atoms with E-state index in [4.69, 9.17) is 0 Å². The van der Waals surface area contributed by atoms with Crippen molar-refractivity contribution in [2.45, 2.75) is 17.0 Å². The Hall–Kier alpha value is -2.62. The van der Waals surface area contributed by atoms with Crippen molar-refractivity contribution in [2.75, 3.05) is 25.2 Å². The maximum absolute atomic E-state index is 12.4. The van der Waals surface area contributed by atoms with E-state index < -0.39 is 10.0 Å². The van der Waals surface area contributed by atoms with Crippen molar-refractivity contribution < 1.29 is 13.2 Å². The number of thioether (sulfide) groups is 1. The fourth-order valence-corrected chi connectivity index (χ4v) is 4.36. The number of nitrogens with one attached hydrogen (secondary N) is 1. The molecule has 29 heavy (non-hydrogen) atoms. The maximum atomic E-state index is 12.4. The number of benzene rings is 2. The van der Waals surface area contributed by atoms with Crippen LogP contribution in [0.15, 0.2) is 71.0 Å². The molecule has 2 aromatic carbocycles. The Balaban J connectivity index is 1.67. The van der Waals surface area contributed by atoms with Gasteiger partial charge in [-0.05, 0) is 42.8 Å². The molecule has 0 saturated carbocycles. The number of carbonyl (C=O) groups is 1. The van der Waals surface area contributed by atoms with Gasteiger partial charge < -0.3 is 5.32 Å². The second-order valence-corrected chi connectivity index (χ2v) is 9.67. The van der Waals surface area contributed by atoms with E-state index in [1.807, 2.05) is 42.0 Å². The Bertz CT molecular complexity index is 1120. The Labute approximate surface area is 174 Å². The monoisotopic (exact) mass is 430 g/mol. The van der Waals surface area contributed by atoms with Crippen LogP contribution in [0.25, 0.3) is 5.69 Å². The summed E-state index contributed by atoms with van der Waals surface area (Å²) in [6.07, 6.45) is 3.54. The molecule has 0 aliphatic rings.